The standard InChI is InChI=1S/C23H21FN4O3/c1-15-8-3-5-11-18(15)26-21-16(9-7-13-20(21)31-2)14-25-28-23(30)22(29)27-19-12-6-4-10-17(19)24/h3-14,26H,1-2H3,(H,27,29)(H,28,30)/b25-14-. The highest BCUT2D eigenvalue weighted by Gasteiger charge is 2.15. The number of methoxy groups -OCH3 is 1. The molecule has 3 rings (SSSR count). The lowest BCUT2D eigenvalue weighted by molar-refractivity contribution is -0.136. The maximum absolute atomic E-state index is 13.6. The third-order valence-corrected chi connectivity index (χ3v) is 4.38. The Hall–Kier alpha value is -4.20. The smallest absolute Gasteiger partial charge is 0.329 e. The first-order chi connectivity index (χ1) is 15.0. The van der Waals surface area contributed by atoms with Gasteiger partial charge in [-0.25, -0.2) is 9.82 Å². The normalized spacial score (nSPS) is 10.5. The van der Waals surface area contributed by atoms with Crippen molar-refractivity contribution in [3.63, 3.8) is 0 Å². The highest BCUT2D eigenvalue weighted by Crippen LogP contribution is 2.31. The number of rotatable bonds is 6. The number of nitrogens with zero attached hydrogens (tertiary/aromatic N) is 1. The number of amides is 2. The van der Waals surface area contributed by atoms with Gasteiger partial charge in [0, 0.05) is 11.3 Å². The van der Waals surface area contributed by atoms with E-state index in [2.05, 4.69) is 21.2 Å². The van der Waals surface area contributed by atoms with Crippen molar-refractivity contribution >= 4 is 35.1 Å². The van der Waals surface area contributed by atoms with E-state index in [4.69, 9.17) is 4.74 Å². The number of hydrogen-bond acceptors (Lipinski definition) is 5. The number of hydrazone groups is 1. The van der Waals surface area contributed by atoms with Crippen LogP contribution < -0.4 is 20.8 Å². The summed E-state index contributed by atoms with van der Waals surface area (Å²) in [7, 11) is 1.55. The van der Waals surface area contributed by atoms with Gasteiger partial charge in [-0.2, -0.15) is 5.10 Å². The second kappa shape index (κ2) is 10.0. The van der Waals surface area contributed by atoms with Crippen molar-refractivity contribution in [3.8, 4) is 5.75 Å². The topological polar surface area (TPSA) is 91.8 Å². The molecule has 2 amide bonds. The molecule has 31 heavy (non-hydrogen) atoms. The Morgan fingerprint density at radius 1 is 0.935 bits per heavy atom. The number of hydrogen-bond donors (Lipinski definition) is 3. The first-order valence-corrected chi connectivity index (χ1v) is 9.38. The van der Waals surface area contributed by atoms with E-state index in [0.29, 0.717) is 17.0 Å². The van der Waals surface area contributed by atoms with Crippen LogP contribution in [0.2, 0.25) is 0 Å². The van der Waals surface area contributed by atoms with Crippen molar-refractivity contribution < 1.29 is 18.7 Å². The molecule has 0 atom stereocenters. The molecule has 0 unspecified atom stereocenters. The van der Waals surface area contributed by atoms with Crippen LogP contribution in [0, 0.1) is 12.7 Å². The molecule has 0 aliphatic carbocycles. The molecule has 0 heterocycles. The van der Waals surface area contributed by atoms with Gasteiger partial charge in [-0.3, -0.25) is 9.59 Å². The van der Waals surface area contributed by atoms with Crippen molar-refractivity contribution in [1.82, 2.24) is 5.43 Å². The quantitative estimate of drug-likeness (QED) is 0.320. The average Bonchev–Trinajstić information content (AvgIpc) is 2.77. The predicted molar refractivity (Wildman–Crippen MR) is 118 cm³/mol. The maximum Gasteiger partial charge on any atom is 0.329 e. The van der Waals surface area contributed by atoms with Crippen molar-refractivity contribution in [2.75, 3.05) is 17.7 Å². The number of carbonyl (C=O) groups is 2. The van der Waals surface area contributed by atoms with Crippen LogP contribution in [-0.2, 0) is 9.59 Å². The van der Waals surface area contributed by atoms with E-state index in [9.17, 15) is 14.0 Å². The molecular formula is C23H21FN4O3. The second-order valence-electron chi connectivity index (χ2n) is 6.50. The van der Waals surface area contributed by atoms with Gasteiger partial charge in [-0.1, -0.05) is 42.5 Å². The van der Waals surface area contributed by atoms with Gasteiger partial charge in [0.05, 0.1) is 24.7 Å². The van der Waals surface area contributed by atoms with Gasteiger partial charge >= 0.3 is 11.8 Å². The van der Waals surface area contributed by atoms with Crippen LogP contribution >= 0.6 is 0 Å². The van der Waals surface area contributed by atoms with Gasteiger partial charge in [0.1, 0.15) is 11.6 Å². The van der Waals surface area contributed by atoms with Crippen LogP contribution in [0.3, 0.4) is 0 Å². The Labute approximate surface area is 178 Å². The average molecular weight is 420 g/mol. The number of halogens is 1. The summed E-state index contributed by atoms with van der Waals surface area (Å²) in [4.78, 5) is 23.9. The minimum Gasteiger partial charge on any atom is -0.495 e. The molecule has 0 spiro atoms. The zero-order valence-electron chi connectivity index (χ0n) is 17.0. The lowest BCUT2D eigenvalue weighted by atomic mass is 10.1. The zero-order valence-corrected chi connectivity index (χ0v) is 17.0. The van der Waals surface area contributed by atoms with E-state index in [-0.39, 0.29) is 5.69 Å². The van der Waals surface area contributed by atoms with E-state index in [0.717, 1.165) is 11.3 Å². The molecular weight excluding hydrogens is 399 g/mol. The van der Waals surface area contributed by atoms with Crippen LogP contribution in [0.25, 0.3) is 0 Å². The van der Waals surface area contributed by atoms with Gasteiger partial charge in [0.25, 0.3) is 0 Å². The van der Waals surface area contributed by atoms with Crippen LogP contribution in [0.5, 0.6) is 5.75 Å². The molecule has 0 radical (unpaired) electrons. The van der Waals surface area contributed by atoms with Gasteiger partial charge in [-0.15, -0.1) is 0 Å². The summed E-state index contributed by atoms with van der Waals surface area (Å²) in [5.41, 5.74) is 5.23. The maximum atomic E-state index is 13.6. The Morgan fingerprint density at radius 2 is 1.65 bits per heavy atom. The molecule has 158 valence electrons. The summed E-state index contributed by atoms with van der Waals surface area (Å²) in [5, 5.41) is 9.36. The minimum absolute atomic E-state index is 0.0934. The second-order valence-corrected chi connectivity index (χ2v) is 6.50. The number of aryl methyl sites for hydroxylation is 1. The minimum atomic E-state index is -1.04. The Morgan fingerprint density at radius 3 is 2.35 bits per heavy atom. The van der Waals surface area contributed by atoms with Gasteiger partial charge in [0.2, 0.25) is 0 Å². The highest BCUT2D eigenvalue weighted by molar-refractivity contribution is 6.39. The summed E-state index contributed by atoms with van der Waals surface area (Å²) in [5.74, 6) is -2.13. The summed E-state index contributed by atoms with van der Waals surface area (Å²) >= 11 is 0. The van der Waals surface area contributed by atoms with E-state index >= 15 is 0 Å². The summed E-state index contributed by atoms with van der Waals surface area (Å²) in [6, 6.07) is 18.6. The molecule has 8 heteroatoms. The van der Waals surface area contributed by atoms with Crippen LogP contribution in [0.15, 0.2) is 71.8 Å². The fraction of sp³-hybridized carbons (Fsp3) is 0.0870. The molecule has 0 aliphatic heterocycles. The summed E-state index contributed by atoms with van der Waals surface area (Å²) < 4.78 is 19.0. The van der Waals surface area contributed by atoms with Crippen LogP contribution in [0.1, 0.15) is 11.1 Å². The molecule has 0 aliphatic rings. The van der Waals surface area contributed by atoms with E-state index in [1.807, 2.05) is 31.2 Å². The van der Waals surface area contributed by atoms with Gasteiger partial charge in [-0.05, 0) is 36.8 Å². The fourth-order valence-electron chi connectivity index (χ4n) is 2.76. The van der Waals surface area contributed by atoms with E-state index < -0.39 is 17.6 Å². The number of nitrogens with one attached hydrogen (secondary N) is 3. The van der Waals surface area contributed by atoms with Crippen molar-refractivity contribution in [1.29, 1.82) is 0 Å². The Bertz CT molecular complexity index is 1130. The van der Waals surface area contributed by atoms with Crippen molar-refractivity contribution in [3.05, 3.63) is 83.7 Å². The van der Waals surface area contributed by atoms with E-state index in [1.165, 1.54) is 24.4 Å². The van der Waals surface area contributed by atoms with Crippen LogP contribution in [0.4, 0.5) is 21.5 Å². The molecule has 3 aromatic carbocycles. The lowest BCUT2D eigenvalue weighted by Crippen LogP contribution is -2.32. The molecule has 3 N–H and O–H groups in total. The molecule has 3 aromatic rings. The first kappa shape index (κ1) is 21.5. The Kier molecular flexibility index (Phi) is 6.95. The van der Waals surface area contributed by atoms with E-state index in [1.54, 1.807) is 31.4 Å². The summed E-state index contributed by atoms with van der Waals surface area (Å²) in [6.45, 7) is 1.97. The van der Waals surface area contributed by atoms with Gasteiger partial charge in [0.15, 0.2) is 0 Å². The highest BCUT2D eigenvalue weighted by atomic mass is 19.1. The number of benzene rings is 3. The predicted octanol–water partition coefficient (Wildman–Crippen LogP) is 3.98. The SMILES string of the molecule is COc1cccc(/C=N\NC(=O)C(=O)Nc2ccccc2F)c1Nc1ccccc1C. The number of anilines is 3. The largest absolute Gasteiger partial charge is 0.495 e. The van der Waals surface area contributed by atoms with Crippen LogP contribution in [-0.4, -0.2) is 25.1 Å². The number of para-hydroxylation sites is 3. The van der Waals surface area contributed by atoms with Crippen molar-refractivity contribution in [2.45, 2.75) is 6.92 Å². The number of carbonyl (C=O) groups excluding carboxylic acids is 2. The van der Waals surface area contributed by atoms with Gasteiger partial charge < -0.3 is 15.4 Å². The molecule has 7 nitrogen and oxygen atoms in total. The third-order valence-electron chi connectivity index (χ3n) is 4.38. The molecule has 0 saturated carbocycles. The first-order valence-electron chi connectivity index (χ1n) is 9.38. The lowest BCUT2D eigenvalue weighted by Gasteiger charge is -2.15. The molecule has 0 fully saturated rings. The monoisotopic (exact) mass is 420 g/mol. The number of ether oxygens (including phenoxy) is 1. The third kappa shape index (κ3) is 5.45. The zero-order chi connectivity index (χ0) is 22.2. The van der Waals surface area contributed by atoms with Crippen molar-refractivity contribution in [2.24, 2.45) is 5.10 Å². The summed E-state index contributed by atoms with van der Waals surface area (Å²) in [6.07, 6.45) is 1.39. The fourth-order valence-corrected chi connectivity index (χ4v) is 2.76. The molecule has 0 aromatic heterocycles. The molecule has 0 bridgehead atoms. The molecule has 0 saturated heterocycles. The Balaban J connectivity index is 1.73.